The summed E-state index contributed by atoms with van der Waals surface area (Å²) in [6.07, 6.45) is 70.4. The van der Waals surface area contributed by atoms with Crippen molar-refractivity contribution in [2.24, 2.45) is 0 Å². The van der Waals surface area contributed by atoms with Gasteiger partial charge in [0.15, 0.2) is 0 Å². The second-order valence-electron chi connectivity index (χ2n) is 21.1. The molecule has 0 heterocycles. The number of nitrogens with one attached hydrogen (secondary N) is 1. The summed E-state index contributed by atoms with van der Waals surface area (Å²) in [4.78, 5) is 24.6. The minimum absolute atomic E-state index is 0.0180. The first-order valence-electron chi connectivity index (χ1n) is 30.6. The van der Waals surface area contributed by atoms with Gasteiger partial charge < -0.3 is 20.3 Å². The van der Waals surface area contributed by atoms with E-state index in [1.807, 2.05) is 0 Å². The van der Waals surface area contributed by atoms with Gasteiger partial charge in [-0.2, -0.15) is 0 Å². The molecule has 0 aliphatic carbocycles. The third-order valence-electron chi connectivity index (χ3n) is 14.3. The fourth-order valence-corrected chi connectivity index (χ4v) is 9.57. The van der Waals surface area contributed by atoms with Crippen molar-refractivity contribution in [2.75, 3.05) is 13.2 Å². The molecule has 2 atom stereocenters. The van der Waals surface area contributed by atoms with Gasteiger partial charge in [-0.25, -0.2) is 0 Å². The summed E-state index contributed by atoms with van der Waals surface area (Å²) in [5, 5.41) is 23.3. The van der Waals surface area contributed by atoms with Crippen molar-refractivity contribution < 1.29 is 24.5 Å². The molecule has 0 saturated carbocycles. The van der Waals surface area contributed by atoms with Crippen LogP contribution in [0.2, 0.25) is 0 Å². The van der Waals surface area contributed by atoms with E-state index in [9.17, 15) is 19.8 Å². The van der Waals surface area contributed by atoms with E-state index in [1.165, 1.54) is 225 Å². The molecule has 0 aromatic heterocycles. The highest BCUT2D eigenvalue weighted by Gasteiger charge is 2.20. The second-order valence-corrected chi connectivity index (χ2v) is 21.1. The number of aliphatic hydroxyl groups is 2. The van der Waals surface area contributed by atoms with E-state index in [0.29, 0.717) is 25.9 Å². The van der Waals surface area contributed by atoms with Gasteiger partial charge in [0, 0.05) is 12.8 Å². The van der Waals surface area contributed by atoms with Gasteiger partial charge in [0.05, 0.1) is 25.4 Å². The molecular formula is C62H119NO5. The number of carbonyl (C=O) groups excluding carboxylic acids is 2. The fourth-order valence-electron chi connectivity index (χ4n) is 9.57. The van der Waals surface area contributed by atoms with Gasteiger partial charge in [0.25, 0.3) is 0 Å². The number of unbranched alkanes of at least 4 members (excludes halogenated alkanes) is 43. The minimum Gasteiger partial charge on any atom is -0.466 e. The van der Waals surface area contributed by atoms with Gasteiger partial charge in [0.1, 0.15) is 0 Å². The Balaban J connectivity index is 3.50. The average molecular weight is 959 g/mol. The zero-order chi connectivity index (χ0) is 49.3. The maximum Gasteiger partial charge on any atom is 0.305 e. The molecule has 0 aromatic rings. The average Bonchev–Trinajstić information content (AvgIpc) is 3.34. The molecular weight excluding hydrogens is 839 g/mol. The van der Waals surface area contributed by atoms with E-state index in [2.05, 4.69) is 43.5 Å². The highest BCUT2D eigenvalue weighted by Crippen LogP contribution is 2.18. The normalized spacial score (nSPS) is 12.7. The van der Waals surface area contributed by atoms with Crippen LogP contribution in [-0.4, -0.2) is 47.4 Å². The predicted octanol–water partition coefficient (Wildman–Crippen LogP) is 19.0. The maximum absolute atomic E-state index is 12.5. The molecule has 0 saturated heterocycles. The SMILES string of the molecule is CCCCCCCCCCCCCCCCCCCCCCCC(O)C(CO)NC(=O)CCCCCCCC/C=C\C=C/CCCCCOC(=O)CCCCCCCCCCCCCCCCC. The van der Waals surface area contributed by atoms with Crippen LogP contribution < -0.4 is 5.32 Å². The summed E-state index contributed by atoms with van der Waals surface area (Å²) in [6.45, 7) is 4.92. The number of allylic oxidation sites excluding steroid dienone is 4. The van der Waals surface area contributed by atoms with E-state index in [0.717, 1.165) is 77.0 Å². The predicted molar refractivity (Wildman–Crippen MR) is 296 cm³/mol. The van der Waals surface area contributed by atoms with Crippen molar-refractivity contribution in [3.05, 3.63) is 24.3 Å². The molecule has 0 aliphatic heterocycles. The number of aliphatic hydroxyl groups excluding tert-OH is 2. The number of esters is 1. The van der Waals surface area contributed by atoms with E-state index >= 15 is 0 Å². The van der Waals surface area contributed by atoms with Crippen molar-refractivity contribution >= 4 is 11.9 Å². The number of ether oxygens (including phenoxy) is 1. The molecule has 0 radical (unpaired) electrons. The molecule has 0 rings (SSSR count). The summed E-state index contributed by atoms with van der Waals surface area (Å²) in [7, 11) is 0. The molecule has 0 aromatic carbocycles. The van der Waals surface area contributed by atoms with E-state index in [-0.39, 0.29) is 18.5 Å². The lowest BCUT2D eigenvalue weighted by atomic mass is 10.0. The van der Waals surface area contributed by atoms with Crippen LogP contribution in [0.15, 0.2) is 24.3 Å². The standard InChI is InChI=1S/C62H119NO5/c1-3-5-7-9-11-13-15-17-19-20-21-22-23-24-27-30-34-38-42-46-50-54-60(65)59(58-64)63-61(66)55-51-47-43-39-35-31-28-25-29-33-37-41-45-49-53-57-68-62(67)56-52-48-44-40-36-32-26-18-16-14-12-10-8-6-4-2/h25,29,33,37,59-60,64-65H,3-24,26-28,30-32,34-36,38-58H2,1-2H3,(H,63,66)/b29-25-,37-33-. The van der Waals surface area contributed by atoms with Crippen LogP contribution in [0.5, 0.6) is 0 Å². The number of rotatable bonds is 57. The highest BCUT2D eigenvalue weighted by atomic mass is 16.5. The zero-order valence-corrected chi connectivity index (χ0v) is 45.9. The summed E-state index contributed by atoms with van der Waals surface area (Å²) in [6, 6.07) is -0.559. The topological polar surface area (TPSA) is 95.9 Å². The van der Waals surface area contributed by atoms with Gasteiger partial charge >= 0.3 is 5.97 Å². The molecule has 68 heavy (non-hydrogen) atoms. The van der Waals surface area contributed by atoms with Crippen LogP contribution in [0.3, 0.4) is 0 Å². The van der Waals surface area contributed by atoms with Gasteiger partial charge in [0.2, 0.25) is 5.91 Å². The molecule has 0 aliphatic rings. The van der Waals surface area contributed by atoms with Crippen molar-refractivity contribution in [2.45, 2.75) is 347 Å². The van der Waals surface area contributed by atoms with Gasteiger partial charge in [-0.1, -0.05) is 289 Å². The summed E-state index contributed by atoms with van der Waals surface area (Å²) >= 11 is 0. The summed E-state index contributed by atoms with van der Waals surface area (Å²) in [5.41, 5.74) is 0. The third-order valence-corrected chi connectivity index (χ3v) is 14.3. The molecule has 402 valence electrons. The zero-order valence-electron chi connectivity index (χ0n) is 45.9. The Bertz CT molecular complexity index is 1060. The van der Waals surface area contributed by atoms with Gasteiger partial charge in [-0.3, -0.25) is 9.59 Å². The first-order valence-corrected chi connectivity index (χ1v) is 30.6. The quantitative estimate of drug-likeness (QED) is 0.0321. The monoisotopic (exact) mass is 958 g/mol. The van der Waals surface area contributed by atoms with Crippen molar-refractivity contribution in [3.63, 3.8) is 0 Å². The Labute approximate surface area is 424 Å². The Morgan fingerprint density at radius 1 is 0.412 bits per heavy atom. The largest absolute Gasteiger partial charge is 0.466 e. The summed E-state index contributed by atoms with van der Waals surface area (Å²) < 4.78 is 5.46. The minimum atomic E-state index is -0.679. The smallest absolute Gasteiger partial charge is 0.305 e. The number of hydrogen-bond donors (Lipinski definition) is 3. The second kappa shape index (κ2) is 57.9. The molecule has 0 fully saturated rings. The van der Waals surface area contributed by atoms with Crippen LogP contribution in [0.25, 0.3) is 0 Å². The number of carbonyl (C=O) groups is 2. The Hall–Kier alpha value is -1.66. The molecule has 6 heteroatoms. The van der Waals surface area contributed by atoms with Crippen LogP contribution in [0, 0.1) is 0 Å². The molecule has 1 amide bonds. The number of hydrogen-bond acceptors (Lipinski definition) is 5. The Morgan fingerprint density at radius 2 is 0.721 bits per heavy atom. The molecule has 0 bridgehead atoms. The van der Waals surface area contributed by atoms with E-state index < -0.39 is 12.1 Å². The fraction of sp³-hybridized carbons (Fsp3) is 0.903. The van der Waals surface area contributed by atoms with E-state index in [1.54, 1.807) is 0 Å². The number of amides is 1. The molecule has 6 nitrogen and oxygen atoms in total. The van der Waals surface area contributed by atoms with Crippen LogP contribution >= 0.6 is 0 Å². The Kier molecular flexibility index (Phi) is 56.5. The molecule has 3 N–H and O–H groups in total. The Morgan fingerprint density at radius 3 is 1.09 bits per heavy atom. The van der Waals surface area contributed by atoms with Gasteiger partial charge in [-0.15, -0.1) is 0 Å². The highest BCUT2D eigenvalue weighted by molar-refractivity contribution is 5.76. The van der Waals surface area contributed by atoms with Crippen LogP contribution in [0.1, 0.15) is 335 Å². The maximum atomic E-state index is 12.5. The van der Waals surface area contributed by atoms with Crippen molar-refractivity contribution in [3.8, 4) is 0 Å². The van der Waals surface area contributed by atoms with Crippen molar-refractivity contribution in [1.29, 1.82) is 0 Å². The first kappa shape index (κ1) is 66.3. The lowest BCUT2D eigenvalue weighted by Crippen LogP contribution is -2.45. The molecule has 2 unspecified atom stereocenters. The van der Waals surface area contributed by atoms with Crippen LogP contribution in [0.4, 0.5) is 0 Å². The lowest BCUT2D eigenvalue weighted by Gasteiger charge is -2.22. The van der Waals surface area contributed by atoms with Crippen LogP contribution in [-0.2, 0) is 14.3 Å². The first-order chi connectivity index (χ1) is 33.5. The lowest BCUT2D eigenvalue weighted by molar-refractivity contribution is -0.143. The molecule has 0 spiro atoms. The summed E-state index contributed by atoms with van der Waals surface area (Å²) in [5.74, 6) is -0.0722. The van der Waals surface area contributed by atoms with Gasteiger partial charge in [-0.05, 0) is 57.8 Å². The van der Waals surface area contributed by atoms with Crippen molar-refractivity contribution in [1.82, 2.24) is 5.32 Å². The van der Waals surface area contributed by atoms with E-state index in [4.69, 9.17) is 4.74 Å². The third kappa shape index (κ3) is 53.7.